The number of aliphatic carboxylic acids is 1. The summed E-state index contributed by atoms with van der Waals surface area (Å²) in [5, 5.41) is 8.72. The summed E-state index contributed by atoms with van der Waals surface area (Å²) in [7, 11) is 0. The lowest BCUT2D eigenvalue weighted by atomic mass is 10.1. The van der Waals surface area contributed by atoms with Crippen LogP contribution in [0.3, 0.4) is 0 Å². The lowest BCUT2D eigenvalue weighted by Crippen LogP contribution is -2.16. The van der Waals surface area contributed by atoms with Crippen LogP contribution < -0.4 is 11.5 Å². The number of nitrogens with zero attached hydrogens (tertiary/aromatic N) is 2. The van der Waals surface area contributed by atoms with Gasteiger partial charge >= 0.3 is 5.97 Å². The molecule has 0 aliphatic carbocycles. The van der Waals surface area contributed by atoms with Crippen molar-refractivity contribution < 1.29 is 9.90 Å². The molecule has 5 N–H and O–H groups in total. The molecule has 0 saturated carbocycles. The van der Waals surface area contributed by atoms with Crippen LogP contribution in [-0.2, 0) is 4.79 Å². The molecular formula is C9H13ClN4O2. The van der Waals surface area contributed by atoms with Crippen molar-refractivity contribution in [2.24, 2.45) is 5.73 Å². The van der Waals surface area contributed by atoms with Gasteiger partial charge in [-0.05, 0) is 13.3 Å². The molecule has 1 aromatic rings. The second-order valence-electron chi connectivity index (χ2n) is 3.40. The molecule has 1 unspecified atom stereocenters. The molecule has 0 aliphatic rings. The molecule has 0 saturated heterocycles. The highest BCUT2D eigenvalue weighted by molar-refractivity contribution is 6.30. The average Bonchev–Trinajstić information content (AvgIpc) is 2.12. The normalized spacial score (nSPS) is 12.4. The molecule has 7 heteroatoms. The van der Waals surface area contributed by atoms with Gasteiger partial charge in [0.25, 0.3) is 0 Å². The van der Waals surface area contributed by atoms with Gasteiger partial charge in [0, 0.05) is 18.0 Å². The van der Waals surface area contributed by atoms with Crippen LogP contribution in [0.4, 0.5) is 5.82 Å². The molecule has 0 aliphatic heterocycles. The third-order valence-corrected chi connectivity index (χ3v) is 2.37. The zero-order valence-corrected chi connectivity index (χ0v) is 9.53. The van der Waals surface area contributed by atoms with Crippen LogP contribution in [0.2, 0.25) is 5.15 Å². The largest absolute Gasteiger partial charge is 0.481 e. The van der Waals surface area contributed by atoms with Gasteiger partial charge < -0.3 is 16.6 Å². The fourth-order valence-corrected chi connectivity index (χ4v) is 1.69. The Morgan fingerprint density at radius 3 is 2.69 bits per heavy atom. The van der Waals surface area contributed by atoms with Crippen molar-refractivity contribution in [2.45, 2.75) is 25.8 Å². The zero-order chi connectivity index (χ0) is 12.3. The Kier molecular flexibility index (Phi) is 4.03. The molecule has 0 spiro atoms. The summed E-state index contributed by atoms with van der Waals surface area (Å²) < 4.78 is 0. The van der Waals surface area contributed by atoms with Crippen molar-refractivity contribution in [1.29, 1.82) is 0 Å². The summed E-state index contributed by atoms with van der Waals surface area (Å²) in [5.74, 6) is -0.259. The van der Waals surface area contributed by atoms with Crippen molar-refractivity contribution in [3.05, 3.63) is 16.5 Å². The van der Waals surface area contributed by atoms with Gasteiger partial charge in [-0.15, -0.1) is 0 Å². The minimum Gasteiger partial charge on any atom is -0.481 e. The Labute approximate surface area is 97.6 Å². The average molecular weight is 245 g/mol. The Balaban J connectivity index is 2.90. The van der Waals surface area contributed by atoms with E-state index in [4.69, 9.17) is 28.2 Å². The van der Waals surface area contributed by atoms with Crippen LogP contribution in [0.25, 0.3) is 0 Å². The Hall–Kier alpha value is -1.40. The number of carboxylic acids is 1. The van der Waals surface area contributed by atoms with E-state index in [1.807, 2.05) is 0 Å². The predicted molar refractivity (Wildman–Crippen MR) is 60.0 cm³/mol. The third-order valence-electron chi connectivity index (χ3n) is 2.08. The smallest absolute Gasteiger partial charge is 0.303 e. The molecule has 1 aromatic heterocycles. The Bertz CT molecular complexity index is 387. The molecule has 1 rings (SSSR count). The van der Waals surface area contributed by atoms with Crippen molar-refractivity contribution in [2.75, 3.05) is 5.73 Å². The topological polar surface area (TPSA) is 115 Å². The number of nitrogens with two attached hydrogens (primary N) is 2. The van der Waals surface area contributed by atoms with Crippen molar-refractivity contribution in [1.82, 2.24) is 9.97 Å². The van der Waals surface area contributed by atoms with Crippen LogP contribution in [-0.4, -0.2) is 21.0 Å². The van der Waals surface area contributed by atoms with E-state index in [0.717, 1.165) is 0 Å². The minimum absolute atomic E-state index is 0.0508. The van der Waals surface area contributed by atoms with Gasteiger partial charge in [0.1, 0.15) is 16.8 Å². The number of anilines is 1. The number of carboxylic acid groups (broad SMARTS) is 1. The lowest BCUT2D eigenvalue weighted by Gasteiger charge is -2.14. The van der Waals surface area contributed by atoms with Crippen LogP contribution >= 0.6 is 11.6 Å². The highest BCUT2D eigenvalue weighted by atomic mass is 35.5. The molecule has 0 amide bonds. The summed E-state index contributed by atoms with van der Waals surface area (Å²) in [6, 6.07) is -0.566. The predicted octanol–water partition coefficient (Wildman–Crippen LogP) is 0.885. The molecule has 6 nitrogen and oxygen atoms in total. The quantitative estimate of drug-likeness (QED) is 0.678. The third kappa shape index (κ3) is 3.04. The van der Waals surface area contributed by atoms with E-state index in [9.17, 15) is 4.79 Å². The van der Waals surface area contributed by atoms with E-state index in [-0.39, 0.29) is 23.8 Å². The highest BCUT2D eigenvalue weighted by Gasteiger charge is 2.17. The molecule has 1 atom stereocenters. The van der Waals surface area contributed by atoms with Gasteiger partial charge in [0.2, 0.25) is 0 Å². The summed E-state index contributed by atoms with van der Waals surface area (Å²) in [6.45, 7) is 1.66. The number of hydrogen-bond donors (Lipinski definition) is 3. The van der Waals surface area contributed by atoms with Crippen molar-refractivity contribution in [3.63, 3.8) is 0 Å². The molecular weight excluding hydrogens is 232 g/mol. The highest BCUT2D eigenvalue weighted by Crippen LogP contribution is 2.27. The molecule has 88 valence electrons. The van der Waals surface area contributed by atoms with E-state index in [1.54, 1.807) is 6.92 Å². The van der Waals surface area contributed by atoms with Gasteiger partial charge in [-0.2, -0.15) is 0 Å². The van der Waals surface area contributed by atoms with Gasteiger partial charge in [-0.25, -0.2) is 9.97 Å². The van der Waals surface area contributed by atoms with E-state index in [0.29, 0.717) is 11.4 Å². The second-order valence-corrected chi connectivity index (χ2v) is 3.76. The monoisotopic (exact) mass is 244 g/mol. The SMILES string of the molecule is Cc1nc(N)c(C(N)CCC(=O)O)c(Cl)n1. The number of halogens is 1. The maximum atomic E-state index is 10.4. The maximum absolute atomic E-state index is 10.4. The Morgan fingerprint density at radius 1 is 1.56 bits per heavy atom. The fourth-order valence-electron chi connectivity index (χ4n) is 1.33. The van der Waals surface area contributed by atoms with Crippen LogP contribution in [0.5, 0.6) is 0 Å². The first-order chi connectivity index (χ1) is 7.41. The number of hydrogen-bond acceptors (Lipinski definition) is 5. The number of nitrogen functional groups attached to an aromatic ring is 1. The van der Waals surface area contributed by atoms with Gasteiger partial charge in [0.05, 0.1) is 0 Å². The summed E-state index contributed by atoms with van der Waals surface area (Å²) in [4.78, 5) is 18.3. The summed E-state index contributed by atoms with van der Waals surface area (Å²) in [5.41, 5.74) is 11.9. The second kappa shape index (κ2) is 5.09. The first kappa shape index (κ1) is 12.7. The minimum atomic E-state index is -0.918. The molecule has 0 bridgehead atoms. The maximum Gasteiger partial charge on any atom is 0.303 e. The molecule has 0 fully saturated rings. The fraction of sp³-hybridized carbons (Fsp3) is 0.444. The van der Waals surface area contributed by atoms with Gasteiger partial charge in [0.15, 0.2) is 0 Å². The first-order valence-corrected chi connectivity index (χ1v) is 5.06. The number of aryl methyl sites for hydroxylation is 1. The van der Waals surface area contributed by atoms with E-state index in [2.05, 4.69) is 9.97 Å². The Morgan fingerprint density at radius 2 is 2.19 bits per heavy atom. The van der Waals surface area contributed by atoms with Gasteiger partial charge in [-0.1, -0.05) is 11.6 Å². The van der Waals surface area contributed by atoms with Gasteiger partial charge in [-0.3, -0.25) is 4.79 Å². The molecule has 0 radical (unpaired) electrons. The first-order valence-electron chi connectivity index (χ1n) is 4.68. The number of carbonyl (C=O) groups is 1. The summed E-state index contributed by atoms with van der Waals surface area (Å²) >= 11 is 5.89. The van der Waals surface area contributed by atoms with Crippen molar-refractivity contribution in [3.8, 4) is 0 Å². The van der Waals surface area contributed by atoms with Crippen LogP contribution in [0, 0.1) is 6.92 Å². The standard InChI is InChI=1S/C9H13ClN4O2/c1-4-13-8(10)7(9(12)14-4)5(11)2-3-6(15)16/h5H,2-3,11H2,1H3,(H,15,16)(H2,12,13,14). The molecule has 0 aromatic carbocycles. The number of rotatable bonds is 4. The zero-order valence-electron chi connectivity index (χ0n) is 8.77. The number of aromatic nitrogens is 2. The molecule has 1 heterocycles. The lowest BCUT2D eigenvalue weighted by molar-refractivity contribution is -0.137. The summed E-state index contributed by atoms with van der Waals surface area (Å²) in [6.07, 6.45) is 0.191. The van der Waals surface area contributed by atoms with Crippen LogP contribution in [0.15, 0.2) is 0 Å². The van der Waals surface area contributed by atoms with Crippen molar-refractivity contribution >= 4 is 23.4 Å². The van der Waals surface area contributed by atoms with Crippen LogP contribution in [0.1, 0.15) is 30.3 Å². The van der Waals surface area contributed by atoms with E-state index >= 15 is 0 Å². The van der Waals surface area contributed by atoms with E-state index in [1.165, 1.54) is 0 Å². The van der Waals surface area contributed by atoms with E-state index < -0.39 is 12.0 Å². The molecule has 16 heavy (non-hydrogen) atoms.